The van der Waals surface area contributed by atoms with Crippen LogP contribution in [-0.4, -0.2) is 31.0 Å². The van der Waals surface area contributed by atoms with Gasteiger partial charge in [-0.05, 0) is 44.9 Å². The first kappa shape index (κ1) is 16.0. The second-order valence-electron chi connectivity index (χ2n) is 5.06. The van der Waals surface area contributed by atoms with Crippen LogP contribution in [0, 0.1) is 13.8 Å². The third kappa shape index (κ3) is 5.73. The average molecular weight is 278 g/mol. The number of carbonyl (C=O) groups is 2. The summed E-state index contributed by atoms with van der Waals surface area (Å²) in [5.74, 6) is 0.164. The van der Waals surface area contributed by atoms with Crippen molar-refractivity contribution in [2.24, 2.45) is 0 Å². The summed E-state index contributed by atoms with van der Waals surface area (Å²) in [7, 11) is 0. The van der Waals surface area contributed by atoms with Gasteiger partial charge in [0.2, 0.25) is 5.91 Å². The van der Waals surface area contributed by atoms with Crippen molar-refractivity contribution >= 4 is 11.8 Å². The molecule has 2 amide bonds. The zero-order valence-electron chi connectivity index (χ0n) is 12.4. The van der Waals surface area contributed by atoms with E-state index in [2.05, 4.69) is 10.6 Å². The van der Waals surface area contributed by atoms with Crippen molar-refractivity contribution in [2.75, 3.05) is 13.2 Å². The predicted molar refractivity (Wildman–Crippen MR) is 77.7 cm³/mol. The van der Waals surface area contributed by atoms with Crippen molar-refractivity contribution in [3.63, 3.8) is 0 Å². The number of rotatable bonds is 6. The summed E-state index contributed by atoms with van der Waals surface area (Å²) in [5.41, 5.74) is 2.04. The van der Waals surface area contributed by atoms with Gasteiger partial charge < -0.3 is 15.4 Å². The standard InChI is InChI=1S/C15H22N2O3/c1-10(2)17-14(18)8-16-15(19)9-20-13-7-11(3)5-6-12(13)4/h5-7,10H,8-9H2,1-4H3,(H,16,19)(H,17,18). The summed E-state index contributed by atoms with van der Waals surface area (Å²) in [5, 5.41) is 5.21. The van der Waals surface area contributed by atoms with Crippen LogP contribution in [0.5, 0.6) is 5.75 Å². The predicted octanol–water partition coefficient (Wildman–Crippen LogP) is 1.32. The number of benzene rings is 1. The molecule has 0 bridgehead atoms. The minimum atomic E-state index is -0.315. The largest absolute Gasteiger partial charge is 0.483 e. The van der Waals surface area contributed by atoms with Crippen LogP contribution >= 0.6 is 0 Å². The maximum absolute atomic E-state index is 11.6. The van der Waals surface area contributed by atoms with E-state index in [4.69, 9.17) is 4.74 Å². The van der Waals surface area contributed by atoms with Crippen LogP contribution in [0.4, 0.5) is 0 Å². The van der Waals surface area contributed by atoms with Crippen molar-refractivity contribution in [3.05, 3.63) is 29.3 Å². The summed E-state index contributed by atoms with van der Waals surface area (Å²) < 4.78 is 5.45. The molecule has 0 aromatic heterocycles. The van der Waals surface area contributed by atoms with Crippen molar-refractivity contribution < 1.29 is 14.3 Å². The Morgan fingerprint density at radius 2 is 1.90 bits per heavy atom. The fraction of sp³-hybridized carbons (Fsp3) is 0.467. The van der Waals surface area contributed by atoms with E-state index in [1.54, 1.807) is 0 Å². The Morgan fingerprint density at radius 1 is 1.20 bits per heavy atom. The maximum Gasteiger partial charge on any atom is 0.258 e. The lowest BCUT2D eigenvalue weighted by Gasteiger charge is -2.11. The second kappa shape index (κ2) is 7.53. The molecule has 0 fully saturated rings. The number of hydrogen-bond acceptors (Lipinski definition) is 3. The van der Waals surface area contributed by atoms with Gasteiger partial charge in [-0.2, -0.15) is 0 Å². The van der Waals surface area contributed by atoms with E-state index in [9.17, 15) is 9.59 Å². The molecule has 2 N–H and O–H groups in total. The Balaban J connectivity index is 2.36. The van der Waals surface area contributed by atoms with Gasteiger partial charge >= 0.3 is 0 Å². The Bertz CT molecular complexity index is 484. The molecule has 0 heterocycles. The fourth-order valence-electron chi connectivity index (χ4n) is 1.61. The number of ether oxygens (including phenoxy) is 1. The zero-order valence-corrected chi connectivity index (χ0v) is 12.4. The monoisotopic (exact) mass is 278 g/mol. The first-order chi connectivity index (χ1) is 9.38. The van der Waals surface area contributed by atoms with Gasteiger partial charge in [0.25, 0.3) is 5.91 Å². The third-order valence-corrected chi connectivity index (χ3v) is 2.60. The smallest absolute Gasteiger partial charge is 0.258 e. The first-order valence-electron chi connectivity index (χ1n) is 6.64. The van der Waals surface area contributed by atoms with Crippen LogP contribution in [0.3, 0.4) is 0 Å². The second-order valence-corrected chi connectivity index (χ2v) is 5.06. The number of aryl methyl sites for hydroxylation is 2. The number of nitrogens with one attached hydrogen (secondary N) is 2. The molecule has 0 saturated carbocycles. The highest BCUT2D eigenvalue weighted by atomic mass is 16.5. The average Bonchev–Trinajstić information content (AvgIpc) is 2.36. The van der Waals surface area contributed by atoms with Crippen molar-refractivity contribution in [1.29, 1.82) is 0 Å². The van der Waals surface area contributed by atoms with Gasteiger partial charge in [0, 0.05) is 6.04 Å². The van der Waals surface area contributed by atoms with Crippen LogP contribution < -0.4 is 15.4 Å². The summed E-state index contributed by atoms with van der Waals surface area (Å²) in [6.07, 6.45) is 0. The highest BCUT2D eigenvalue weighted by Gasteiger charge is 2.08. The molecule has 110 valence electrons. The van der Waals surface area contributed by atoms with Crippen LogP contribution in [0.1, 0.15) is 25.0 Å². The minimum Gasteiger partial charge on any atom is -0.483 e. The van der Waals surface area contributed by atoms with E-state index in [-0.39, 0.29) is 31.0 Å². The minimum absolute atomic E-state index is 0.0346. The molecule has 20 heavy (non-hydrogen) atoms. The Morgan fingerprint density at radius 3 is 2.55 bits per heavy atom. The molecule has 1 rings (SSSR count). The lowest BCUT2D eigenvalue weighted by molar-refractivity contribution is -0.127. The molecular weight excluding hydrogens is 256 g/mol. The van der Waals surface area contributed by atoms with Crippen molar-refractivity contribution in [1.82, 2.24) is 10.6 Å². The Hall–Kier alpha value is -2.04. The van der Waals surface area contributed by atoms with E-state index in [0.717, 1.165) is 11.1 Å². The fourth-order valence-corrected chi connectivity index (χ4v) is 1.61. The number of amides is 2. The summed E-state index contributed by atoms with van der Waals surface area (Å²) in [4.78, 5) is 23.0. The number of hydrogen-bond donors (Lipinski definition) is 2. The summed E-state index contributed by atoms with van der Waals surface area (Å²) in [6, 6.07) is 5.87. The molecule has 5 nitrogen and oxygen atoms in total. The van der Waals surface area contributed by atoms with Crippen LogP contribution in [0.15, 0.2) is 18.2 Å². The van der Waals surface area contributed by atoms with Gasteiger partial charge in [-0.3, -0.25) is 9.59 Å². The molecule has 1 aromatic carbocycles. The van der Waals surface area contributed by atoms with E-state index < -0.39 is 0 Å². The molecule has 0 aliphatic heterocycles. The van der Waals surface area contributed by atoms with Gasteiger partial charge in [-0.1, -0.05) is 12.1 Å². The van der Waals surface area contributed by atoms with Crippen LogP contribution in [0.25, 0.3) is 0 Å². The zero-order chi connectivity index (χ0) is 15.1. The first-order valence-corrected chi connectivity index (χ1v) is 6.64. The molecule has 5 heteroatoms. The van der Waals surface area contributed by atoms with E-state index in [1.165, 1.54) is 0 Å². The van der Waals surface area contributed by atoms with E-state index in [1.807, 2.05) is 45.9 Å². The molecule has 0 aliphatic carbocycles. The van der Waals surface area contributed by atoms with Crippen molar-refractivity contribution in [2.45, 2.75) is 33.7 Å². The highest BCUT2D eigenvalue weighted by Crippen LogP contribution is 2.18. The lowest BCUT2D eigenvalue weighted by atomic mass is 10.1. The van der Waals surface area contributed by atoms with Gasteiger partial charge in [0.15, 0.2) is 6.61 Å². The molecule has 0 aliphatic rings. The maximum atomic E-state index is 11.6. The van der Waals surface area contributed by atoms with Gasteiger partial charge in [-0.15, -0.1) is 0 Å². The topological polar surface area (TPSA) is 67.4 Å². The van der Waals surface area contributed by atoms with E-state index >= 15 is 0 Å². The lowest BCUT2D eigenvalue weighted by Crippen LogP contribution is -2.41. The Kier molecular flexibility index (Phi) is 6.03. The normalized spacial score (nSPS) is 10.2. The SMILES string of the molecule is Cc1ccc(C)c(OCC(=O)NCC(=O)NC(C)C)c1. The summed E-state index contributed by atoms with van der Waals surface area (Å²) in [6.45, 7) is 7.48. The highest BCUT2D eigenvalue weighted by molar-refractivity contribution is 5.85. The van der Waals surface area contributed by atoms with Crippen LogP contribution in [0.2, 0.25) is 0 Å². The molecule has 0 atom stereocenters. The molecule has 0 radical (unpaired) electrons. The third-order valence-electron chi connectivity index (χ3n) is 2.60. The Labute approximate surface area is 119 Å². The molecular formula is C15H22N2O3. The molecule has 1 aromatic rings. The van der Waals surface area contributed by atoms with Crippen molar-refractivity contribution in [3.8, 4) is 5.75 Å². The molecule has 0 unspecified atom stereocenters. The van der Waals surface area contributed by atoms with Gasteiger partial charge in [0.1, 0.15) is 5.75 Å². The quantitative estimate of drug-likeness (QED) is 0.824. The van der Waals surface area contributed by atoms with E-state index in [0.29, 0.717) is 5.75 Å². The molecule has 0 saturated heterocycles. The summed E-state index contributed by atoms with van der Waals surface area (Å²) >= 11 is 0. The molecule has 0 spiro atoms. The van der Waals surface area contributed by atoms with Gasteiger partial charge in [-0.25, -0.2) is 0 Å². The van der Waals surface area contributed by atoms with Gasteiger partial charge in [0.05, 0.1) is 6.54 Å². The number of carbonyl (C=O) groups excluding carboxylic acids is 2. The van der Waals surface area contributed by atoms with Crippen LogP contribution in [-0.2, 0) is 9.59 Å².